The minimum absolute atomic E-state index is 0.108. The summed E-state index contributed by atoms with van der Waals surface area (Å²) in [5.41, 5.74) is 3.47. The lowest BCUT2D eigenvalue weighted by Crippen LogP contribution is -2.25. The van der Waals surface area contributed by atoms with E-state index in [1.807, 2.05) is 29.6 Å². The molecule has 0 saturated heterocycles. The van der Waals surface area contributed by atoms with Crippen LogP contribution in [0.3, 0.4) is 0 Å². The first-order valence-electron chi connectivity index (χ1n) is 8.11. The minimum atomic E-state index is -0.108. The average Bonchev–Trinajstić information content (AvgIpc) is 3.14. The fraction of sp³-hybridized carbons (Fsp3) is 0.158. The standard InChI is InChI=1S/C19H16N4O2S/c1-25-11-10-23-19(24)16-15(13-2-6-20-7-3-13)12-26-18(16)17(22-23)14-4-8-21-9-5-14/h2-9,12H,10-11H2,1H3. The van der Waals surface area contributed by atoms with Gasteiger partial charge in [-0.25, -0.2) is 4.68 Å². The van der Waals surface area contributed by atoms with E-state index in [-0.39, 0.29) is 5.56 Å². The molecule has 7 heteroatoms. The highest BCUT2D eigenvalue weighted by molar-refractivity contribution is 7.18. The molecule has 6 nitrogen and oxygen atoms in total. The Labute approximate surface area is 153 Å². The van der Waals surface area contributed by atoms with Gasteiger partial charge in [-0.3, -0.25) is 14.8 Å². The molecule has 4 heterocycles. The number of aromatic nitrogens is 4. The Bertz CT molecular complexity index is 1090. The zero-order valence-corrected chi connectivity index (χ0v) is 14.9. The molecule has 0 bridgehead atoms. The summed E-state index contributed by atoms with van der Waals surface area (Å²) in [6, 6.07) is 7.62. The average molecular weight is 364 g/mol. The second-order valence-corrected chi connectivity index (χ2v) is 6.57. The lowest BCUT2D eigenvalue weighted by atomic mass is 10.1. The van der Waals surface area contributed by atoms with Gasteiger partial charge in [-0.05, 0) is 29.8 Å². The maximum Gasteiger partial charge on any atom is 0.276 e. The van der Waals surface area contributed by atoms with Crippen LogP contribution in [-0.4, -0.2) is 33.5 Å². The number of rotatable bonds is 5. The van der Waals surface area contributed by atoms with Gasteiger partial charge in [0.1, 0.15) is 5.69 Å². The Kier molecular flexibility index (Phi) is 4.55. The fourth-order valence-corrected chi connectivity index (χ4v) is 3.93. The number of ether oxygens (including phenoxy) is 1. The largest absolute Gasteiger partial charge is 0.383 e. The van der Waals surface area contributed by atoms with E-state index >= 15 is 0 Å². The fourth-order valence-electron chi connectivity index (χ4n) is 2.86. The Balaban J connectivity index is 2.02. The van der Waals surface area contributed by atoms with E-state index in [1.165, 1.54) is 16.0 Å². The molecule has 0 radical (unpaired) electrons. The molecule has 0 aliphatic rings. The molecule has 4 aromatic heterocycles. The van der Waals surface area contributed by atoms with Crippen molar-refractivity contribution in [3.63, 3.8) is 0 Å². The predicted octanol–water partition coefficient (Wildman–Crippen LogP) is 3.23. The topological polar surface area (TPSA) is 69.9 Å². The molecule has 0 amide bonds. The second kappa shape index (κ2) is 7.15. The van der Waals surface area contributed by atoms with Gasteiger partial charge in [-0.15, -0.1) is 11.3 Å². The highest BCUT2D eigenvalue weighted by Gasteiger charge is 2.18. The van der Waals surface area contributed by atoms with Crippen LogP contribution in [0, 0.1) is 0 Å². The van der Waals surface area contributed by atoms with Crippen LogP contribution in [0.25, 0.3) is 32.5 Å². The molecule has 130 valence electrons. The summed E-state index contributed by atoms with van der Waals surface area (Å²) < 4.78 is 7.50. The van der Waals surface area contributed by atoms with Gasteiger partial charge in [0.05, 0.1) is 23.2 Å². The van der Waals surface area contributed by atoms with Crippen molar-refractivity contribution < 1.29 is 4.74 Å². The number of fused-ring (bicyclic) bond motifs is 1. The van der Waals surface area contributed by atoms with Crippen LogP contribution in [0.1, 0.15) is 0 Å². The van der Waals surface area contributed by atoms with E-state index in [0.717, 1.165) is 27.1 Å². The van der Waals surface area contributed by atoms with E-state index in [2.05, 4.69) is 15.1 Å². The van der Waals surface area contributed by atoms with Crippen molar-refractivity contribution in [2.24, 2.45) is 0 Å². The van der Waals surface area contributed by atoms with Gasteiger partial charge >= 0.3 is 0 Å². The van der Waals surface area contributed by atoms with Crippen LogP contribution in [-0.2, 0) is 11.3 Å². The molecule has 0 atom stereocenters. The number of pyridine rings is 2. The highest BCUT2D eigenvalue weighted by Crippen LogP contribution is 2.36. The molecule has 0 spiro atoms. The van der Waals surface area contributed by atoms with E-state index in [1.54, 1.807) is 31.9 Å². The number of hydrogen-bond donors (Lipinski definition) is 0. The molecule has 0 aromatic carbocycles. The first-order valence-corrected chi connectivity index (χ1v) is 8.99. The van der Waals surface area contributed by atoms with Crippen LogP contribution in [0.2, 0.25) is 0 Å². The van der Waals surface area contributed by atoms with Crippen LogP contribution >= 0.6 is 11.3 Å². The molecule has 0 saturated carbocycles. The number of thiophene rings is 1. The normalized spacial score (nSPS) is 11.1. The molecular formula is C19H16N4O2S. The summed E-state index contributed by atoms with van der Waals surface area (Å²) in [5.74, 6) is 0. The third-order valence-corrected chi connectivity index (χ3v) is 5.11. The molecule has 0 aliphatic carbocycles. The summed E-state index contributed by atoms with van der Waals surface area (Å²) in [6.45, 7) is 0.817. The maximum atomic E-state index is 13.1. The summed E-state index contributed by atoms with van der Waals surface area (Å²) in [4.78, 5) is 21.2. The quantitative estimate of drug-likeness (QED) is 0.544. The number of methoxy groups -OCH3 is 1. The number of nitrogens with zero attached hydrogens (tertiary/aromatic N) is 4. The zero-order chi connectivity index (χ0) is 17.9. The van der Waals surface area contributed by atoms with Crippen molar-refractivity contribution in [2.75, 3.05) is 13.7 Å². The molecule has 4 rings (SSSR count). The van der Waals surface area contributed by atoms with E-state index in [0.29, 0.717) is 18.5 Å². The summed E-state index contributed by atoms with van der Waals surface area (Å²) >= 11 is 1.53. The van der Waals surface area contributed by atoms with Crippen molar-refractivity contribution >= 4 is 21.4 Å². The predicted molar refractivity (Wildman–Crippen MR) is 102 cm³/mol. The third kappa shape index (κ3) is 2.91. The van der Waals surface area contributed by atoms with Crippen LogP contribution in [0.5, 0.6) is 0 Å². The van der Waals surface area contributed by atoms with Crippen LogP contribution < -0.4 is 5.56 Å². The Morgan fingerprint density at radius 1 is 1.04 bits per heavy atom. The van der Waals surface area contributed by atoms with Gasteiger partial charge < -0.3 is 4.74 Å². The lowest BCUT2D eigenvalue weighted by Gasteiger charge is -2.09. The van der Waals surface area contributed by atoms with Gasteiger partial charge in [0.25, 0.3) is 5.56 Å². The van der Waals surface area contributed by atoms with Crippen molar-refractivity contribution in [3.05, 3.63) is 64.8 Å². The van der Waals surface area contributed by atoms with Crippen LogP contribution in [0.4, 0.5) is 0 Å². The van der Waals surface area contributed by atoms with E-state index in [4.69, 9.17) is 4.74 Å². The Morgan fingerprint density at radius 2 is 1.69 bits per heavy atom. The Hall–Kier alpha value is -2.90. The van der Waals surface area contributed by atoms with E-state index in [9.17, 15) is 4.79 Å². The van der Waals surface area contributed by atoms with Gasteiger partial charge in [-0.2, -0.15) is 5.10 Å². The van der Waals surface area contributed by atoms with Gasteiger partial charge in [0, 0.05) is 48.4 Å². The Morgan fingerprint density at radius 3 is 2.35 bits per heavy atom. The van der Waals surface area contributed by atoms with Gasteiger partial charge in [0.2, 0.25) is 0 Å². The SMILES string of the molecule is COCCn1nc(-c2ccncc2)c2scc(-c3ccncc3)c2c1=O. The molecule has 0 aliphatic heterocycles. The summed E-state index contributed by atoms with van der Waals surface area (Å²) in [5, 5.41) is 7.30. The molecule has 0 unspecified atom stereocenters. The summed E-state index contributed by atoms with van der Waals surface area (Å²) in [7, 11) is 1.61. The minimum Gasteiger partial charge on any atom is -0.383 e. The van der Waals surface area contributed by atoms with Gasteiger partial charge in [0.15, 0.2) is 0 Å². The first-order chi connectivity index (χ1) is 12.8. The molecule has 26 heavy (non-hydrogen) atoms. The molecule has 4 aromatic rings. The molecule has 0 fully saturated rings. The zero-order valence-electron chi connectivity index (χ0n) is 14.1. The summed E-state index contributed by atoms with van der Waals surface area (Å²) in [6.07, 6.45) is 6.91. The van der Waals surface area contributed by atoms with E-state index < -0.39 is 0 Å². The van der Waals surface area contributed by atoms with Crippen LogP contribution in [0.15, 0.2) is 59.2 Å². The van der Waals surface area contributed by atoms with Crippen molar-refractivity contribution in [3.8, 4) is 22.4 Å². The third-order valence-electron chi connectivity index (χ3n) is 4.13. The first kappa shape index (κ1) is 16.6. The smallest absolute Gasteiger partial charge is 0.276 e. The van der Waals surface area contributed by atoms with Crippen molar-refractivity contribution in [1.82, 2.24) is 19.7 Å². The molecular weight excluding hydrogens is 348 g/mol. The molecule has 0 N–H and O–H groups in total. The lowest BCUT2D eigenvalue weighted by molar-refractivity contribution is 0.182. The number of hydrogen-bond acceptors (Lipinski definition) is 6. The van der Waals surface area contributed by atoms with Crippen molar-refractivity contribution in [1.29, 1.82) is 0 Å². The monoisotopic (exact) mass is 364 g/mol. The van der Waals surface area contributed by atoms with Crippen molar-refractivity contribution in [2.45, 2.75) is 6.54 Å². The maximum absolute atomic E-state index is 13.1. The van der Waals surface area contributed by atoms with Gasteiger partial charge in [-0.1, -0.05) is 0 Å². The second-order valence-electron chi connectivity index (χ2n) is 5.69. The highest BCUT2D eigenvalue weighted by atomic mass is 32.1.